The maximum Gasteiger partial charge on any atom is 0.435 e. The van der Waals surface area contributed by atoms with Gasteiger partial charge in [-0.1, -0.05) is 15.9 Å². The summed E-state index contributed by atoms with van der Waals surface area (Å²) >= 11 is 3.39. The fourth-order valence-electron chi connectivity index (χ4n) is 2.09. The third kappa shape index (κ3) is 4.55. The van der Waals surface area contributed by atoms with E-state index in [-0.39, 0.29) is 12.5 Å². The lowest BCUT2D eigenvalue weighted by Crippen LogP contribution is -2.28. The molecule has 0 aliphatic rings. The van der Waals surface area contributed by atoms with Crippen molar-refractivity contribution < 1.29 is 14.3 Å². The van der Waals surface area contributed by atoms with E-state index in [1.165, 1.54) is 0 Å². The lowest BCUT2D eigenvalue weighted by molar-refractivity contribution is -0.116. The number of anilines is 1. The Labute approximate surface area is 149 Å². The Balaban J connectivity index is 2.43. The van der Waals surface area contributed by atoms with Crippen LogP contribution in [0.2, 0.25) is 0 Å². The first-order valence-electron chi connectivity index (χ1n) is 7.43. The molecule has 0 atom stereocenters. The van der Waals surface area contributed by atoms with Crippen LogP contribution in [0.1, 0.15) is 20.8 Å². The maximum atomic E-state index is 12.4. The topological polar surface area (TPSA) is 76.5 Å². The van der Waals surface area contributed by atoms with Crippen molar-refractivity contribution in [3.63, 3.8) is 0 Å². The van der Waals surface area contributed by atoms with Gasteiger partial charge in [-0.25, -0.2) is 4.79 Å². The molecule has 24 heavy (non-hydrogen) atoms. The monoisotopic (exact) mass is 396 g/mol. The molecule has 2 aromatic rings. The molecular weight excluding hydrogens is 376 g/mol. The molecule has 1 aromatic heterocycles. The SMILES string of the molecule is CN(C)CC(=O)Nc1nn(C(=O)OC(C)(C)C)c2ccc(Br)cc12. The second-order valence-electron chi connectivity index (χ2n) is 6.69. The molecule has 0 bridgehead atoms. The highest BCUT2D eigenvalue weighted by atomic mass is 79.9. The quantitative estimate of drug-likeness (QED) is 0.862. The number of nitrogens with one attached hydrogen (secondary N) is 1. The van der Waals surface area contributed by atoms with Crippen molar-refractivity contribution in [3.8, 4) is 0 Å². The van der Waals surface area contributed by atoms with Crippen molar-refractivity contribution in [3.05, 3.63) is 22.7 Å². The van der Waals surface area contributed by atoms with Gasteiger partial charge >= 0.3 is 6.09 Å². The second kappa shape index (κ2) is 6.90. The van der Waals surface area contributed by atoms with E-state index in [4.69, 9.17) is 4.74 Å². The zero-order valence-electron chi connectivity index (χ0n) is 14.4. The van der Waals surface area contributed by atoms with Crippen LogP contribution >= 0.6 is 15.9 Å². The Morgan fingerprint density at radius 3 is 2.58 bits per heavy atom. The van der Waals surface area contributed by atoms with Gasteiger partial charge in [-0.15, -0.1) is 5.10 Å². The molecule has 2 rings (SSSR count). The molecular formula is C16H21BrN4O3. The van der Waals surface area contributed by atoms with Gasteiger partial charge < -0.3 is 15.0 Å². The Morgan fingerprint density at radius 2 is 2.00 bits per heavy atom. The van der Waals surface area contributed by atoms with Gasteiger partial charge in [0.05, 0.1) is 12.1 Å². The van der Waals surface area contributed by atoms with E-state index in [0.29, 0.717) is 16.7 Å². The fraction of sp³-hybridized carbons (Fsp3) is 0.438. The Bertz CT molecular complexity index is 777. The summed E-state index contributed by atoms with van der Waals surface area (Å²) in [7, 11) is 3.60. The third-order valence-electron chi connectivity index (χ3n) is 2.93. The zero-order valence-corrected chi connectivity index (χ0v) is 16.0. The minimum absolute atomic E-state index is 0.212. The smallest absolute Gasteiger partial charge is 0.435 e. The number of halogens is 1. The highest BCUT2D eigenvalue weighted by Gasteiger charge is 2.23. The molecule has 0 aliphatic heterocycles. The van der Waals surface area contributed by atoms with E-state index in [2.05, 4.69) is 26.3 Å². The summed E-state index contributed by atoms with van der Waals surface area (Å²) in [6, 6.07) is 5.35. The van der Waals surface area contributed by atoms with Gasteiger partial charge in [0.1, 0.15) is 5.60 Å². The first-order valence-corrected chi connectivity index (χ1v) is 8.22. The number of carbonyl (C=O) groups excluding carboxylic acids is 2. The Morgan fingerprint density at radius 1 is 1.33 bits per heavy atom. The Hall–Kier alpha value is -1.93. The molecule has 0 saturated carbocycles. The van der Waals surface area contributed by atoms with Crippen LogP contribution in [-0.2, 0) is 9.53 Å². The van der Waals surface area contributed by atoms with Crippen LogP contribution in [-0.4, -0.2) is 52.9 Å². The largest absolute Gasteiger partial charge is 0.442 e. The highest BCUT2D eigenvalue weighted by molar-refractivity contribution is 9.10. The Kier molecular flexibility index (Phi) is 5.29. The number of likely N-dealkylation sites (N-methyl/N-ethyl adjacent to an activating group) is 1. The molecule has 7 nitrogen and oxygen atoms in total. The van der Waals surface area contributed by atoms with E-state index >= 15 is 0 Å². The molecule has 1 amide bonds. The molecule has 0 radical (unpaired) electrons. The van der Waals surface area contributed by atoms with Gasteiger partial charge in [0.15, 0.2) is 5.82 Å². The van der Waals surface area contributed by atoms with E-state index in [0.717, 1.165) is 9.15 Å². The first kappa shape index (κ1) is 18.4. The van der Waals surface area contributed by atoms with Gasteiger partial charge in [0.25, 0.3) is 0 Å². The molecule has 0 fully saturated rings. The number of carbonyl (C=O) groups is 2. The predicted octanol–water partition coefficient (Wildman–Crippen LogP) is 3.08. The maximum absolute atomic E-state index is 12.4. The van der Waals surface area contributed by atoms with Crippen LogP contribution < -0.4 is 5.32 Å². The van der Waals surface area contributed by atoms with Crippen LogP contribution in [0.3, 0.4) is 0 Å². The van der Waals surface area contributed by atoms with Crippen LogP contribution in [0.5, 0.6) is 0 Å². The number of aromatic nitrogens is 2. The summed E-state index contributed by atoms with van der Waals surface area (Å²) in [5.74, 6) is 0.111. The summed E-state index contributed by atoms with van der Waals surface area (Å²) in [5, 5.41) is 7.63. The lowest BCUT2D eigenvalue weighted by atomic mass is 10.2. The molecule has 0 unspecified atom stereocenters. The number of fused-ring (bicyclic) bond motifs is 1. The third-order valence-corrected chi connectivity index (χ3v) is 3.42. The number of rotatable bonds is 3. The molecule has 1 aromatic carbocycles. The van der Waals surface area contributed by atoms with Crippen molar-refractivity contribution in [2.75, 3.05) is 26.0 Å². The lowest BCUT2D eigenvalue weighted by Gasteiger charge is -2.19. The average Bonchev–Trinajstić information content (AvgIpc) is 2.74. The summed E-state index contributed by atoms with van der Waals surface area (Å²) in [5.41, 5.74) is -0.0772. The fourth-order valence-corrected chi connectivity index (χ4v) is 2.45. The van der Waals surface area contributed by atoms with Crippen molar-refractivity contribution >= 4 is 44.7 Å². The van der Waals surface area contributed by atoms with E-state index in [9.17, 15) is 9.59 Å². The minimum Gasteiger partial charge on any atom is -0.442 e. The summed E-state index contributed by atoms with van der Waals surface area (Å²) in [6.07, 6.45) is -0.595. The van der Waals surface area contributed by atoms with Crippen LogP contribution in [0.15, 0.2) is 22.7 Å². The number of benzene rings is 1. The summed E-state index contributed by atoms with van der Waals surface area (Å²) in [6.45, 7) is 5.57. The molecule has 0 aliphatic carbocycles. The van der Waals surface area contributed by atoms with Gasteiger partial charge in [-0.3, -0.25) is 4.79 Å². The van der Waals surface area contributed by atoms with Gasteiger partial charge in [0.2, 0.25) is 5.91 Å². The van der Waals surface area contributed by atoms with E-state index < -0.39 is 11.7 Å². The number of hydrogen-bond donors (Lipinski definition) is 1. The molecule has 8 heteroatoms. The van der Waals surface area contributed by atoms with Gasteiger partial charge in [-0.2, -0.15) is 4.68 Å². The number of hydrogen-bond acceptors (Lipinski definition) is 5. The first-order chi connectivity index (χ1) is 11.1. The highest BCUT2D eigenvalue weighted by Crippen LogP contribution is 2.27. The normalized spacial score (nSPS) is 11.8. The summed E-state index contributed by atoms with van der Waals surface area (Å²) < 4.78 is 7.36. The van der Waals surface area contributed by atoms with Gasteiger partial charge in [0, 0.05) is 9.86 Å². The van der Waals surface area contributed by atoms with Crippen molar-refractivity contribution in [1.29, 1.82) is 0 Å². The molecule has 1 heterocycles. The second-order valence-corrected chi connectivity index (χ2v) is 7.60. The zero-order chi connectivity index (χ0) is 18.1. The van der Waals surface area contributed by atoms with Crippen LogP contribution in [0, 0.1) is 0 Å². The van der Waals surface area contributed by atoms with Crippen molar-refractivity contribution in [1.82, 2.24) is 14.7 Å². The minimum atomic E-state index is -0.640. The molecule has 0 saturated heterocycles. The van der Waals surface area contributed by atoms with Gasteiger partial charge in [-0.05, 0) is 53.1 Å². The predicted molar refractivity (Wildman–Crippen MR) is 96.2 cm³/mol. The van der Waals surface area contributed by atoms with Crippen LogP contribution in [0.25, 0.3) is 10.9 Å². The summed E-state index contributed by atoms with van der Waals surface area (Å²) in [4.78, 5) is 26.2. The number of ether oxygens (including phenoxy) is 1. The van der Waals surface area contributed by atoms with Crippen molar-refractivity contribution in [2.45, 2.75) is 26.4 Å². The van der Waals surface area contributed by atoms with Crippen molar-refractivity contribution in [2.24, 2.45) is 0 Å². The molecule has 130 valence electrons. The standard InChI is InChI=1S/C16H21BrN4O3/c1-16(2,3)24-15(23)21-12-7-6-10(17)8-11(12)14(19-21)18-13(22)9-20(4)5/h6-8H,9H2,1-5H3,(H,18,19,22). The average molecular weight is 397 g/mol. The van der Waals surface area contributed by atoms with E-state index in [1.807, 2.05) is 0 Å². The molecule has 1 N–H and O–H groups in total. The number of amides is 1. The molecule has 0 spiro atoms. The number of nitrogens with zero attached hydrogens (tertiary/aromatic N) is 3. The van der Waals surface area contributed by atoms with E-state index in [1.54, 1.807) is 58.0 Å². The van der Waals surface area contributed by atoms with Crippen LogP contribution in [0.4, 0.5) is 10.6 Å².